The minimum absolute atomic E-state index is 0.171. The zero-order valence-corrected chi connectivity index (χ0v) is 16.9. The Morgan fingerprint density at radius 2 is 1.85 bits per heavy atom. The van der Waals surface area contributed by atoms with Crippen molar-refractivity contribution in [3.8, 4) is 0 Å². The first-order valence-corrected chi connectivity index (χ1v) is 9.03. The van der Waals surface area contributed by atoms with Crippen LogP contribution in [0.1, 0.15) is 59.8 Å². The lowest BCUT2D eigenvalue weighted by Gasteiger charge is -2.45. The third-order valence-electron chi connectivity index (χ3n) is 5.01. The van der Waals surface area contributed by atoms with Gasteiger partial charge >= 0.3 is 5.97 Å². The Kier molecular flexibility index (Phi) is 6.13. The molecule has 1 saturated heterocycles. The fourth-order valence-electron chi connectivity index (χ4n) is 3.55. The fourth-order valence-corrected chi connectivity index (χ4v) is 3.55. The van der Waals surface area contributed by atoms with E-state index in [0.29, 0.717) is 29.1 Å². The average Bonchev–Trinajstić information content (AvgIpc) is 2.86. The van der Waals surface area contributed by atoms with Gasteiger partial charge in [-0.1, -0.05) is 0 Å². The summed E-state index contributed by atoms with van der Waals surface area (Å²) >= 11 is 0. The summed E-state index contributed by atoms with van der Waals surface area (Å²) in [7, 11) is 1.33. The predicted molar refractivity (Wildman–Crippen MR) is 99.6 cm³/mol. The summed E-state index contributed by atoms with van der Waals surface area (Å²) in [5, 5.41) is 3.00. The molecule has 1 amide bonds. The van der Waals surface area contributed by atoms with E-state index in [1.165, 1.54) is 7.11 Å². The molecule has 7 nitrogen and oxygen atoms in total. The fraction of sp³-hybridized carbons (Fsp3) is 0.684. The zero-order valence-electron chi connectivity index (χ0n) is 16.9. The van der Waals surface area contributed by atoms with Gasteiger partial charge in [-0.05, 0) is 47.1 Å². The lowest BCUT2D eigenvalue weighted by Crippen LogP contribution is -2.58. The summed E-state index contributed by atoms with van der Waals surface area (Å²) in [6, 6.07) is 0. The first-order valence-electron chi connectivity index (χ1n) is 9.03. The Labute approximate surface area is 155 Å². The number of rotatable bonds is 5. The van der Waals surface area contributed by atoms with Gasteiger partial charge in [0.2, 0.25) is 0 Å². The van der Waals surface area contributed by atoms with Crippen LogP contribution in [0.5, 0.6) is 0 Å². The minimum atomic E-state index is -0.438. The predicted octanol–water partition coefficient (Wildman–Crippen LogP) is 2.04. The second-order valence-electron chi connectivity index (χ2n) is 7.77. The highest BCUT2D eigenvalue weighted by molar-refractivity contribution is 6.00. The molecule has 2 N–H and O–H groups in total. The number of nitrogens with zero attached hydrogens (tertiary/aromatic N) is 1. The van der Waals surface area contributed by atoms with Gasteiger partial charge in [0.1, 0.15) is 5.69 Å². The number of carbonyl (C=O) groups excluding carboxylic acids is 2. The van der Waals surface area contributed by atoms with Crippen LogP contribution in [0.2, 0.25) is 0 Å². The van der Waals surface area contributed by atoms with E-state index in [0.717, 1.165) is 13.1 Å². The SMILES string of the molecule is COC(=O)c1c(C)[nH]c(C(=O)NCC(C)(C)N2CC(C)OC(C)C2)c1C. The van der Waals surface area contributed by atoms with Gasteiger partial charge in [0.25, 0.3) is 5.91 Å². The summed E-state index contributed by atoms with van der Waals surface area (Å²) in [6.07, 6.45) is 0.342. The summed E-state index contributed by atoms with van der Waals surface area (Å²) in [4.78, 5) is 29.9. The number of aryl methyl sites for hydroxylation is 1. The smallest absolute Gasteiger partial charge is 0.339 e. The van der Waals surface area contributed by atoms with E-state index in [1.54, 1.807) is 13.8 Å². The van der Waals surface area contributed by atoms with E-state index < -0.39 is 5.97 Å². The number of methoxy groups -OCH3 is 1. The largest absolute Gasteiger partial charge is 0.465 e. The van der Waals surface area contributed by atoms with Gasteiger partial charge in [0.15, 0.2) is 0 Å². The molecule has 0 aromatic carbocycles. The van der Waals surface area contributed by atoms with E-state index in [1.807, 2.05) is 0 Å². The van der Waals surface area contributed by atoms with Crippen LogP contribution in [0, 0.1) is 13.8 Å². The average molecular weight is 365 g/mol. The Balaban J connectivity index is 2.07. The molecule has 2 heterocycles. The lowest BCUT2D eigenvalue weighted by atomic mass is 10.00. The minimum Gasteiger partial charge on any atom is -0.465 e. The number of aromatic nitrogens is 1. The summed E-state index contributed by atoms with van der Waals surface area (Å²) in [6.45, 7) is 14.0. The van der Waals surface area contributed by atoms with E-state index in [-0.39, 0.29) is 23.7 Å². The Hall–Kier alpha value is -1.86. The molecule has 0 spiro atoms. The highest BCUT2D eigenvalue weighted by atomic mass is 16.5. The maximum atomic E-state index is 12.7. The Bertz CT molecular complexity index is 671. The number of H-pyrrole nitrogens is 1. The first kappa shape index (κ1) is 20.5. The number of nitrogens with one attached hydrogen (secondary N) is 2. The lowest BCUT2D eigenvalue weighted by molar-refractivity contribution is -0.0948. The number of ether oxygens (including phenoxy) is 2. The second-order valence-corrected chi connectivity index (χ2v) is 7.77. The van der Waals surface area contributed by atoms with Crippen LogP contribution in [0.3, 0.4) is 0 Å². The number of amides is 1. The summed E-state index contributed by atoms with van der Waals surface area (Å²) in [5.74, 6) is -0.657. The molecule has 1 aliphatic rings. The van der Waals surface area contributed by atoms with E-state index in [9.17, 15) is 9.59 Å². The standard InChI is InChI=1S/C19H31N3O4/c1-11-8-22(9-12(2)26-11)19(5,6)10-20-17(23)16-13(3)15(14(4)21-16)18(24)25-7/h11-12,21H,8-10H2,1-7H3,(H,20,23). The van der Waals surface area contributed by atoms with Gasteiger partial charge in [-0.25, -0.2) is 4.79 Å². The van der Waals surface area contributed by atoms with Crippen LogP contribution in [-0.4, -0.2) is 66.3 Å². The van der Waals surface area contributed by atoms with Gasteiger partial charge in [-0.3, -0.25) is 9.69 Å². The van der Waals surface area contributed by atoms with Crippen molar-refractivity contribution in [1.82, 2.24) is 15.2 Å². The van der Waals surface area contributed by atoms with Crippen LogP contribution in [-0.2, 0) is 9.47 Å². The van der Waals surface area contributed by atoms with Crippen molar-refractivity contribution in [2.45, 2.75) is 59.3 Å². The normalized spacial score (nSPS) is 21.5. The van der Waals surface area contributed by atoms with Gasteiger partial charge in [0, 0.05) is 30.9 Å². The molecule has 0 aliphatic carbocycles. The second kappa shape index (κ2) is 7.80. The monoisotopic (exact) mass is 365 g/mol. The summed E-state index contributed by atoms with van der Waals surface area (Å²) < 4.78 is 10.6. The topological polar surface area (TPSA) is 83.7 Å². The molecule has 1 aromatic heterocycles. The number of morpholine rings is 1. The van der Waals surface area contributed by atoms with E-state index in [4.69, 9.17) is 9.47 Å². The van der Waals surface area contributed by atoms with Crippen LogP contribution >= 0.6 is 0 Å². The van der Waals surface area contributed by atoms with Crippen molar-refractivity contribution in [2.75, 3.05) is 26.7 Å². The van der Waals surface area contributed by atoms with Gasteiger partial charge in [-0.15, -0.1) is 0 Å². The molecule has 26 heavy (non-hydrogen) atoms. The molecular weight excluding hydrogens is 334 g/mol. The third kappa shape index (κ3) is 4.27. The van der Waals surface area contributed by atoms with Crippen molar-refractivity contribution in [3.05, 3.63) is 22.5 Å². The van der Waals surface area contributed by atoms with Crippen molar-refractivity contribution < 1.29 is 19.1 Å². The molecule has 1 aliphatic heterocycles. The van der Waals surface area contributed by atoms with Crippen molar-refractivity contribution in [3.63, 3.8) is 0 Å². The van der Waals surface area contributed by atoms with Crippen LogP contribution in [0.25, 0.3) is 0 Å². The molecule has 7 heteroatoms. The maximum Gasteiger partial charge on any atom is 0.339 e. The number of esters is 1. The Morgan fingerprint density at radius 3 is 2.38 bits per heavy atom. The molecule has 0 radical (unpaired) electrons. The van der Waals surface area contributed by atoms with Crippen LogP contribution in [0.4, 0.5) is 0 Å². The van der Waals surface area contributed by atoms with Crippen molar-refractivity contribution in [2.24, 2.45) is 0 Å². The molecule has 146 valence electrons. The number of hydrogen-bond donors (Lipinski definition) is 2. The van der Waals surface area contributed by atoms with Gasteiger partial charge in [0.05, 0.1) is 24.9 Å². The molecule has 1 fully saturated rings. The third-order valence-corrected chi connectivity index (χ3v) is 5.01. The molecule has 2 unspecified atom stereocenters. The van der Waals surface area contributed by atoms with E-state index >= 15 is 0 Å². The highest BCUT2D eigenvalue weighted by Gasteiger charge is 2.34. The molecule has 2 atom stereocenters. The number of hydrogen-bond acceptors (Lipinski definition) is 5. The summed E-state index contributed by atoms with van der Waals surface area (Å²) in [5.41, 5.74) is 1.87. The molecule has 0 saturated carbocycles. The Morgan fingerprint density at radius 1 is 1.27 bits per heavy atom. The first-order chi connectivity index (χ1) is 12.1. The molecule has 2 rings (SSSR count). The maximum absolute atomic E-state index is 12.7. The highest BCUT2D eigenvalue weighted by Crippen LogP contribution is 2.22. The molecular formula is C19H31N3O4. The van der Waals surface area contributed by atoms with Crippen molar-refractivity contribution >= 4 is 11.9 Å². The number of carbonyl (C=O) groups is 2. The zero-order chi connectivity index (χ0) is 19.6. The number of aromatic amines is 1. The van der Waals surface area contributed by atoms with E-state index in [2.05, 4.69) is 42.9 Å². The molecule has 0 bridgehead atoms. The quantitative estimate of drug-likeness (QED) is 0.780. The van der Waals surface area contributed by atoms with Gasteiger partial charge < -0.3 is 19.8 Å². The van der Waals surface area contributed by atoms with Crippen molar-refractivity contribution in [1.29, 1.82) is 0 Å². The van der Waals surface area contributed by atoms with Crippen LogP contribution in [0.15, 0.2) is 0 Å². The molecule has 1 aromatic rings. The van der Waals surface area contributed by atoms with Crippen LogP contribution < -0.4 is 5.32 Å². The van der Waals surface area contributed by atoms with Gasteiger partial charge in [-0.2, -0.15) is 0 Å².